The summed E-state index contributed by atoms with van der Waals surface area (Å²) >= 11 is 0. The molecule has 1 fully saturated rings. The van der Waals surface area contributed by atoms with Crippen molar-refractivity contribution in [1.29, 1.82) is 0 Å². The minimum atomic E-state index is 0.616. The zero-order valence-electron chi connectivity index (χ0n) is 7.41. The van der Waals surface area contributed by atoms with Gasteiger partial charge in [-0.1, -0.05) is 13.8 Å². The molecule has 1 rings (SSSR count). The second-order valence-electron chi connectivity index (χ2n) is 3.41. The molecule has 62 valence electrons. The molecule has 3 N–H and O–H groups in total. The van der Waals surface area contributed by atoms with E-state index in [0.717, 1.165) is 0 Å². The first-order valence-corrected chi connectivity index (χ1v) is 3.99. The Bertz CT molecular complexity index is 71.3. The van der Waals surface area contributed by atoms with Crippen molar-refractivity contribution in [3.8, 4) is 0 Å². The van der Waals surface area contributed by atoms with Crippen molar-refractivity contribution in [1.82, 2.24) is 5.32 Å². The Morgan fingerprint density at radius 3 is 1.70 bits per heavy atom. The van der Waals surface area contributed by atoms with Crippen LogP contribution in [-0.2, 0) is 0 Å². The predicted octanol–water partition coefficient (Wildman–Crippen LogP) is 0.971. The average Bonchev–Trinajstić information content (AvgIpc) is 1.92. The van der Waals surface area contributed by atoms with Crippen molar-refractivity contribution in [3.63, 3.8) is 0 Å². The summed E-state index contributed by atoms with van der Waals surface area (Å²) in [5.41, 5.74) is 5.12. The topological polar surface area (TPSA) is 38.0 Å². The lowest BCUT2D eigenvalue weighted by Gasteiger charge is -2.29. The fourth-order valence-electron chi connectivity index (χ4n) is 1.10. The van der Waals surface area contributed by atoms with Gasteiger partial charge in [0.1, 0.15) is 0 Å². The van der Waals surface area contributed by atoms with Crippen LogP contribution in [-0.4, -0.2) is 20.1 Å². The van der Waals surface area contributed by atoms with Gasteiger partial charge in [-0.25, -0.2) is 0 Å². The highest BCUT2D eigenvalue weighted by molar-refractivity contribution is 4.75. The molecule has 0 spiro atoms. The number of nitrogens with one attached hydrogen (secondary N) is 1. The van der Waals surface area contributed by atoms with Crippen LogP contribution in [0.25, 0.3) is 0 Å². The van der Waals surface area contributed by atoms with Crippen LogP contribution in [0.1, 0.15) is 26.7 Å². The van der Waals surface area contributed by atoms with E-state index in [9.17, 15) is 0 Å². The summed E-state index contributed by atoms with van der Waals surface area (Å²) in [6.07, 6.45) is 2.68. The third-order valence-electron chi connectivity index (χ3n) is 1.96. The fourth-order valence-corrected chi connectivity index (χ4v) is 1.10. The minimum absolute atomic E-state index is 0.616. The van der Waals surface area contributed by atoms with E-state index in [2.05, 4.69) is 24.9 Å². The smallest absolute Gasteiger partial charge is 0.00438 e. The Balaban J connectivity index is 0.000000371. The number of hydrogen-bond donors (Lipinski definition) is 2. The maximum Gasteiger partial charge on any atom is -0.00438 e. The fraction of sp³-hybridized carbons (Fsp3) is 1.00. The van der Waals surface area contributed by atoms with E-state index in [1.165, 1.54) is 33.0 Å². The van der Waals surface area contributed by atoms with Crippen molar-refractivity contribution < 1.29 is 0 Å². The quantitative estimate of drug-likeness (QED) is 0.531. The van der Waals surface area contributed by atoms with E-state index in [4.69, 9.17) is 0 Å². The van der Waals surface area contributed by atoms with Gasteiger partial charge in [0.2, 0.25) is 0 Å². The number of nitrogens with two attached hydrogens (primary N) is 1. The molecule has 1 aliphatic heterocycles. The Labute approximate surface area is 64.2 Å². The van der Waals surface area contributed by atoms with Crippen LogP contribution < -0.4 is 11.1 Å². The highest BCUT2D eigenvalue weighted by Gasteiger charge is 2.19. The Hall–Kier alpha value is -0.0800. The summed E-state index contributed by atoms with van der Waals surface area (Å²) in [5.74, 6) is 0. The molecule has 0 radical (unpaired) electrons. The Kier molecular flexibility index (Phi) is 4.65. The van der Waals surface area contributed by atoms with Crippen molar-refractivity contribution in [3.05, 3.63) is 0 Å². The van der Waals surface area contributed by atoms with Crippen LogP contribution in [0.2, 0.25) is 0 Å². The lowest BCUT2D eigenvalue weighted by Crippen LogP contribution is -2.32. The first kappa shape index (κ1) is 9.92. The molecule has 0 aromatic rings. The SMILES string of the molecule is CC1(C)CCNCC1.CN. The molecule has 0 atom stereocenters. The van der Waals surface area contributed by atoms with Crippen LogP contribution >= 0.6 is 0 Å². The lowest BCUT2D eigenvalue weighted by atomic mass is 9.83. The lowest BCUT2D eigenvalue weighted by molar-refractivity contribution is 0.259. The first-order chi connectivity index (χ1) is 4.71. The van der Waals surface area contributed by atoms with Crippen LogP contribution in [0.15, 0.2) is 0 Å². The normalized spacial score (nSPS) is 22.8. The van der Waals surface area contributed by atoms with Crippen molar-refractivity contribution in [2.24, 2.45) is 11.1 Å². The summed E-state index contributed by atoms with van der Waals surface area (Å²) in [6.45, 7) is 7.11. The van der Waals surface area contributed by atoms with Crippen LogP contribution in [0.4, 0.5) is 0 Å². The van der Waals surface area contributed by atoms with Gasteiger partial charge >= 0.3 is 0 Å². The molecule has 0 amide bonds. The summed E-state index contributed by atoms with van der Waals surface area (Å²) in [4.78, 5) is 0. The third-order valence-corrected chi connectivity index (χ3v) is 1.96. The maximum atomic E-state index is 4.50. The average molecular weight is 144 g/mol. The van der Waals surface area contributed by atoms with Crippen molar-refractivity contribution in [2.45, 2.75) is 26.7 Å². The largest absolute Gasteiger partial charge is 0.333 e. The van der Waals surface area contributed by atoms with Gasteiger partial charge in [0, 0.05) is 0 Å². The predicted molar refractivity (Wildman–Crippen MR) is 46.0 cm³/mol. The number of hydrogen-bond acceptors (Lipinski definition) is 2. The van der Waals surface area contributed by atoms with E-state index in [1.807, 2.05) is 0 Å². The molecule has 0 unspecified atom stereocenters. The molecule has 0 aromatic heterocycles. The monoisotopic (exact) mass is 144 g/mol. The highest BCUT2D eigenvalue weighted by atomic mass is 14.9. The second kappa shape index (κ2) is 4.69. The zero-order chi connectivity index (χ0) is 8.04. The van der Waals surface area contributed by atoms with E-state index in [0.29, 0.717) is 5.41 Å². The van der Waals surface area contributed by atoms with Gasteiger partial charge in [-0.05, 0) is 38.4 Å². The summed E-state index contributed by atoms with van der Waals surface area (Å²) in [6, 6.07) is 0. The molecular weight excluding hydrogens is 124 g/mol. The van der Waals surface area contributed by atoms with E-state index in [1.54, 1.807) is 0 Å². The highest BCUT2D eigenvalue weighted by Crippen LogP contribution is 2.25. The summed E-state index contributed by atoms with van der Waals surface area (Å²) < 4.78 is 0. The first-order valence-electron chi connectivity index (χ1n) is 3.99. The van der Waals surface area contributed by atoms with E-state index >= 15 is 0 Å². The minimum Gasteiger partial charge on any atom is -0.333 e. The molecule has 0 saturated carbocycles. The summed E-state index contributed by atoms with van der Waals surface area (Å²) in [5, 5.41) is 3.34. The van der Waals surface area contributed by atoms with Gasteiger partial charge in [-0.15, -0.1) is 0 Å². The molecule has 2 nitrogen and oxygen atoms in total. The van der Waals surface area contributed by atoms with Crippen LogP contribution in [0.5, 0.6) is 0 Å². The second-order valence-corrected chi connectivity index (χ2v) is 3.41. The standard InChI is InChI=1S/C7H15N.CH5N/c1-7(2)3-5-8-6-4-7;1-2/h8H,3-6H2,1-2H3;2H2,1H3. The Morgan fingerprint density at radius 1 is 1.10 bits per heavy atom. The van der Waals surface area contributed by atoms with Gasteiger partial charge in [0.05, 0.1) is 0 Å². The molecular formula is C8H20N2. The van der Waals surface area contributed by atoms with Crippen LogP contribution in [0, 0.1) is 5.41 Å². The number of rotatable bonds is 0. The van der Waals surface area contributed by atoms with Gasteiger partial charge in [0.15, 0.2) is 0 Å². The third kappa shape index (κ3) is 3.85. The molecule has 1 saturated heterocycles. The summed E-state index contributed by atoms with van der Waals surface area (Å²) in [7, 11) is 1.50. The molecule has 10 heavy (non-hydrogen) atoms. The zero-order valence-corrected chi connectivity index (χ0v) is 7.41. The van der Waals surface area contributed by atoms with E-state index in [-0.39, 0.29) is 0 Å². The molecule has 2 heteroatoms. The van der Waals surface area contributed by atoms with Gasteiger partial charge < -0.3 is 11.1 Å². The van der Waals surface area contributed by atoms with Gasteiger partial charge in [0.25, 0.3) is 0 Å². The molecule has 0 aliphatic carbocycles. The van der Waals surface area contributed by atoms with E-state index < -0.39 is 0 Å². The maximum absolute atomic E-state index is 4.50. The van der Waals surface area contributed by atoms with Gasteiger partial charge in [-0.3, -0.25) is 0 Å². The van der Waals surface area contributed by atoms with Crippen molar-refractivity contribution >= 4 is 0 Å². The molecule has 0 aromatic carbocycles. The molecule has 0 bridgehead atoms. The number of piperidine rings is 1. The van der Waals surface area contributed by atoms with Crippen molar-refractivity contribution in [2.75, 3.05) is 20.1 Å². The molecule has 1 heterocycles. The van der Waals surface area contributed by atoms with Crippen LogP contribution in [0.3, 0.4) is 0 Å². The molecule has 1 aliphatic rings. The Morgan fingerprint density at radius 2 is 1.50 bits per heavy atom. The van der Waals surface area contributed by atoms with Gasteiger partial charge in [-0.2, -0.15) is 0 Å².